The standard InChI is InChI=1S/C35H44N2O/c1-25(2)28-16-18-31-29(22-28)17-19-32-34(4,20-9-21-35(31,32)5)24-37(23-27-14-12-26(3)13-15-27)33(38)36-30-10-7-6-8-11-30/h6-8,10-16,18,22,25,32H,9,17,19-21,23-24H2,1-5H3,(H,36,38). The fourth-order valence-corrected chi connectivity index (χ4v) is 7.47. The van der Waals surface area contributed by atoms with E-state index in [0.717, 1.165) is 25.1 Å². The number of para-hydroxylation sites is 1. The summed E-state index contributed by atoms with van der Waals surface area (Å²) in [5.41, 5.74) is 8.03. The van der Waals surface area contributed by atoms with Crippen molar-refractivity contribution in [2.24, 2.45) is 11.3 Å². The number of hydrogen-bond donors (Lipinski definition) is 1. The number of nitrogens with one attached hydrogen (secondary N) is 1. The third-order valence-corrected chi connectivity index (χ3v) is 9.53. The molecule has 3 heteroatoms. The molecule has 5 rings (SSSR count). The normalized spacial score (nSPS) is 24.4. The second kappa shape index (κ2) is 10.6. The van der Waals surface area contributed by atoms with Crippen molar-refractivity contribution in [2.45, 2.75) is 84.6 Å². The van der Waals surface area contributed by atoms with Gasteiger partial charge in [-0.3, -0.25) is 0 Å². The van der Waals surface area contributed by atoms with E-state index in [4.69, 9.17) is 0 Å². The van der Waals surface area contributed by atoms with Gasteiger partial charge >= 0.3 is 6.03 Å². The van der Waals surface area contributed by atoms with Crippen molar-refractivity contribution in [3.05, 3.63) is 101 Å². The number of fused-ring (bicyclic) bond motifs is 3. The molecule has 2 aliphatic rings. The van der Waals surface area contributed by atoms with Crippen LogP contribution in [-0.4, -0.2) is 17.5 Å². The summed E-state index contributed by atoms with van der Waals surface area (Å²) in [6.45, 7) is 13.0. The van der Waals surface area contributed by atoms with Crippen LogP contribution in [0.4, 0.5) is 10.5 Å². The van der Waals surface area contributed by atoms with Gasteiger partial charge in [0.25, 0.3) is 0 Å². The molecule has 2 amide bonds. The van der Waals surface area contributed by atoms with Crippen molar-refractivity contribution in [2.75, 3.05) is 11.9 Å². The molecule has 0 heterocycles. The maximum absolute atomic E-state index is 13.8. The lowest BCUT2D eigenvalue weighted by atomic mass is 9.49. The summed E-state index contributed by atoms with van der Waals surface area (Å²) in [5.74, 6) is 1.10. The van der Waals surface area contributed by atoms with Gasteiger partial charge in [0.1, 0.15) is 0 Å². The Kier molecular flexibility index (Phi) is 7.40. The number of urea groups is 1. The molecule has 1 fully saturated rings. The van der Waals surface area contributed by atoms with Crippen LogP contribution in [0.15, 0.2) is 72.8 Å². The van der Waals surface area contributed by atoms with E-state index in [1.54, 1.807) is 11.1 Å². The SMILES string of the molecule is Cc1ccc(CN(CC2(C)CCCC3(C)c4ccc(C(C)C)cc4CCC23)C(=O)Nc2ccccc2)cc1. The molecule has 0 bridgehead atoms. The van der Waals surface area contributed by atoms with E-state index in [1.807, 2.05) is 30.3 Å². The Bertz CT molecular complexity index is 1260. The lowest BCUT2D eigenvalue weighted by Crippen LogP contribution is -2.54. The molecule has 38 heavy (non-hydrogen) atoms. The highest BCUT2D eigenvalue weighted by Gasteiger charge is 2.52. The Morgan fingerprint density at radius 3 is 2.45 bits per heavy atom. The monoisotopic (exact) mass is 508 g/mol. The first-order chi connectivity index (χ1) is 18.2. The van der Waals surface area contributed by atoms with Crippen LogP contribution in [-0.2, 0) is 18.4 Å². The predicted molar refractivity (Wildman–Crippen MR) is 159 cm³/mol. The first kappa shape index (κ1) is 26.5. The summed E-state index contributed by atoms with van der Waals surface area (Å²) < 4.78 is 0. The van der Waals surface area contributed by atoms with E-state index in [2.05, 4.69) is 87.3 Å². The summed E-state index contributed by atoms with van der Waals surface area (Å²) in [5, 5.41) is 3.18. The highest BCUT2D eigenvalue weighted by Crippen LogP contribution is 2.57. The first-order valence-electron chi connectivity index (χ1n) is 14.5. The quantitative estimate of drug-likeness (QED) is 0.354. The number of rotatable bonds is 6. The van der Waals surface area contributed by atoms with Crippen LogP contribution in [0.5, 0.6) is 0 Å². The second-order valence-corrected chi connectivity index (χ2v) is 12.7. The van der Waals surface area contributed by atoms with E-state index in [0.29, 0.717) is 18.4 Å². The summed E-state index contributed by atoms with van der Waals surface area (Å²) in [4.78, 5) is 15.8. The highest BCUT2D eigenvalue weighted by atomic mass is 16.2. The number of amides is 2. The van der Waals surface area contributed by atoms with Crippen LogP contribution in [0.2, 0.25) is 0 Å². The number of carbonyl (C=O) groups is 1. The lowest BCUT2D eigenvalue weighted by molar-refractivity contribution is 0.00467. The van der Waals surface area contributed by atoms with Crippen LogP contribution in [0.1, 0.15) is 87.1 Å². The molecule has 3 nitrogen and oxygen atoms in total. The van der Waals surface area contributed by atoms with Crippen molar-refractivity contribution in [3.8, 4) is 0 Å². The van der Waals surface area contributed by atoms with Crippen molar-refractivity contribution < 1.29 is 4.79 Å². The van der Waals surface area contributed by atoms with Gasteiger partial charge in [0.05, 0.1) is 0 Å². The molecule has 200 valence electrons. The van der Waals surface area contributed by atoms with E-state index in [9.17, 15) is 4.79 Å². The van der Waals surface area contributed by atoms with Crippen LogP contribution >= 0.6 is 0 Å². The fraction of sp³-hybridized carbons (Fsp3) is 0.457. The van der Waals surface area contributed by atoms with Crippen LogP contribution in [0, 0.1) is 18.3 Å². The van der Waals surface area contributed by atoms with Crippen molar-refractivity contribution in [1.29, 1.82) is 0 Å². The van der Waals surface area contributed by atoms with E-state index >= 15 is 0 Å². The third kappa shape index (κ3) is 5.25. The molecule has 0 aromatic heterocycles. The zero-order chi connectivity index (χ0) is 26.9. The average Bonchev–Trinajstić information content (AvgIpc) is 2.89. The lowest BCUT2D eigenvalue weighted by Gasteiger charge is -2.56. The third-order valence-electron chi connectivity index (χ3n) is 9.53. The van der Waals surface area contributed by atoms with Crippen LogP contribution < -0.4 is 5.32 Å². The smallest absolute Gasteiger partial charge is 0.320 e. The van der Waals surface area contributed by atoms with E-state index in [1.165, 1.54) is 36.0 Å². The Hall–Kier alpha value is -3.07. The van der Waals surface area contributed by atoms with Crippen molar-refractivity contribution in [3.63, 3.8) is 0 Å². The maximum atomic E-state index is 13.8. The van der Waals surface area contributed by atoms with Gasteiger partial charge in [-0.25, -0.2) is 4.79 Å². The van der Waals surface area contributed by atoms with Crippen LogP contribution in [0.3, 0.4) is 0 Å². The van der Waals surface area contributed by atoms with Gasteiger partial charge in [0, 0.05) is 18.8 Å². The van der Waals surface area contributed by atoms with Gasteiger partial charge in [-0.2, -0.15) is 0 Å². The minimum Gasteiger partial charge on any atom is -0.320 e. The van der Waals surface area contributed by atoms with E-state index < -0.39 is 0 Å². The molecule has 0 radical (unpaired) electrons. The molecule has 3 unspecified atom stereocenters. The number of hydrogen-bond acceptors (Lipinski definition) is 1. The van der Waals surface area contributed by atoms with Gasteiger partial charge in [0.15, 0.2) is 0 Å². The maximum Gasteiger partial charge on any atom is 0.322 e. The van der Waals surface area contributed by atoms with Crippen molar-refractivity contribution in [1.82, 2.24) is 4.90 Å². The van der Waals surface area contributed by atoms with Gasteiger partial charge in [-0.15, -0.1) is 0 Å². The molecule has 0 aliphatic heterocycles. The summed E-state index contributed by atoms with van der Waals surface area (Å²) in [6, 6.07) is 25.7. The topological polar surface area (TPSA) is 32.3 Å². The average molecular weight is 509 g/mol. The fourth-order valence-electron chi connectivity index (χ4n) is 7.47. The Balaban J connectivity index is 1.44. The molecule has 1 saturated carbocycles. The minimum atomic E-state index is -0.0111. The molecular weight excluding hydrogens is 464 g/mol. The van der Waals surface area contributed by atoms with Crippen molar-refractivity contribution >= 4 is 11.7 Å². The molecule has 0 saturated heterocycles. The summed E-state index contributed by atoms with van der Waals surface area (Å²) in [7, 11) is 0. The zero-order valence-corrected chi connectivity index (χ0v) is 23.9. The summed E-state index contributed by atoms with van der Waals surface area (Å²) in [6.07, 6.45) is 5.93. The van der Waals surface area contributed by atoms with Gasteiger partial charge < -0.3 is 10.2 Å². The summed E-state index contributed by atoms with van der Waals surface area (Å²) >= 11 is 0. The molecule has 0 spiro atoms. The number of anilines is 1. The number of nitrogens with zero attached hydrogens (tertiary/aromatic N) is 1. The van der Waals surface area contributed by atoms with Gasteiger partial charge in [-0.1, -0.05) is 100 Å². The molecule has 1 N–H and O–H groups in total. The Morgan fingerprint density at radius 2 is 1.74 bits per heavy atom. The first-order valence-corrected chi connectivity index (χ1v) is 14.5. The second-order valence-electron chi connectivity index (χ2n) is 12.7. The number of benzene rings is 3. The Morgan fingerprint density at radius 1 is 1.00 bits per heavy atom. The van der Waals surface area contributed by atoms with Crippen LogP contribution in [0.25, 0.3) is 0 Å². The molecule has 2 aliphatic carbocycles. The number of aryl methyl sites for hydroxylation is 2. The highest BCUT2D eigenvalue weighted by molar-refractivity contribution is 5.89. The largest absolute Gasteiger partial charge is 0.322 e. The van der Waals surface area contributed by atoms with E-state index in [-0.39, 0.29) is 16.9 Å². The number of carbonyl (C=O) groups excluding carboxylic acids is 1. The molecule has 3 aromatic rings. The zero-order valence-electron chi connectivity index (χ0n) is 23.9. The van der Waals surface area contributed by atoms with Gasteiger partial charge in [-0.05, 0) is 89.7 Å². The molecule has 3 atom stereocenters. The predicted octanol–water partition coefficient (Wildman–Crippen LogP) is 8.86. The Labute approximate surface area is 229 Å². The van der Waals surface area contributed by atoms with Gasteiger partial charge in [0.2, 0.25) is 0 Å². The molecular formula is C35H44N2O. The molecule has 3 aromatic carbocycles. The minimum absolute atomic E-state index is 0.0111.